The van der Waals surface area contributed by atoms with Crippen LogP contribution in [0.4, 0.5) is 0 Å². The maximum absolute atomic E-state index is 12.5. The number of nitrogens with one attached hydrogen (secondary N) is 1. The summed E-state index contributed by atoms with van der Waals surface area (Å²) in [5.41, 5.74) is 0.292. The number of ether oxygens (including phenoxy) is 1. The Balaban J connectivity index is 2.23. The van der Waals surface area contributed by atoms with Crippen molar-refractivity contribution in [2.75, 3.05) is 20.2 Å². The Morgan fingerprint density at radius 2 is 2.00 bits per heavy atom. The standard InChI is InChI=1S/C14H20N2O3/c1-9-7-16(8-10(2)15-9)14(18)12-6-11(19-3)4-5-13(12)17/h4-6,9-10,15,17H,7-8H2,1-3H3. The van der Waals surface area contributed by atoms with Crippen LogP contribution in [0.2, 0.25) is 0 Å². The lowest BCUT2D eigenvalue weighted by atomic mass is 10.1. The van der Waals surface area contributed by atoms with Gasteiger partial charge in [0.1, 0.15) is 11.5 Å². The molecule has 19 heavy (non-hydrogen) atoms. The number of hydrogen-bond donors (Lipinski definition) is 2. The Labute approximate surface area is 113 Å². The molecule has 2 N–H and O–H groups in total. The first-order valence-corrected chi connectivity index (χ1v) is 6.43. The fourth-order valence-corrected chi connectivity index (χ4v) is 2.48. The van der Waals surface area contributed by atoms with Gasteiger partial charge < -0.3 is 20.1 Å². The van der Waals surface area contributed by atoms with Gasteiger partial charge in [-0.05, 0) is 32.0 Å². The van der Waals surface area contributed by atoms with E-state index in [1.165, 1.54) is 13.2 Å². The highest BCUT2D eigenvalue weighted by Gasteiger charge is 2.27. The van der Waals surface area contributed by atoms with E-state index in [2.05, 4.69) is 5.32 Å². The number of nitrogens with zero attached hydrogens (tertiary/aromatic N) is 1. The van der Waals surface area contributed by atoms with Gasteiger partial charge >= 0.3 is 0 Å². The van der Waals surface area contributed by atoms with Crippen LogP contribution < -0.4 is 10.1 Å². The third-order valence-corrected chi connectivity index (χ3v) is 3.28. The van der Waals surface area contributed by atoms with Crippen molar-refractivity contribution in [2.24, 2.45) is 0 Å². The molecule has 1 aromatic rings. The van der Waals surface area contributed by atoms with Crippen molar-refractivity contribution in [3.63, 3.8) is 0 Å². The Hall–Kier alpha value is -1.75. The number of phenols is 1. The van der Waals surface area contributed by atoms with Gasteiger partial charge in [0.25, 0.3) is 5.91 Å². The van der Waals surface area contributed by atoms with E-state index in [1.807, 2.05) is 13.8 Å². The average Bonchev–Trinajstić information content (AvgIpc) is 2.37. The number of methoxy groups -OCH3 is 1. The molecule has 2 rings (SSSR count). The van der Waals surface area contributed by atoms with Crippen LogP contribution in [0.1, 0.15) is 24.2 Å². The first-order valence-electron chi connectivity index (χ1n) is 6.43. The third kappa shape index (κ3) is 2.98. The molecule has 5 nitrogen and oxygen atoms in total. The summed E-state index contributed by atoms with van der Waals surface area (Å²) < 4.78 is 5.10. The molecule has 1 aliphatic heterocycles. The number of rotatable bonds is 2. The van der Waals surface area contributed by atoms with Crippen molar-refractivity contribution in [2.45, 2.75) is 25.9 Å². The van der Waals surface area contributed by atoms with Crippen LogP contribution >= 0.6 is 0 Å². The molecule has 0 aromatic heterocycles. The van der Waals surface area contributed by atoms with Gasteiger partial charge in [0.2, 0.25) is 0 Å². The van der Waals surface area contributed by atoms with Gasteiger partial charge in [-0.1, -0.05) is 0 Å². The van der Waals surface area contributed by atoms with E-state index >= 15 is 0 Å². The molecule has 1 fully saturated rings. The topological polar surface area (TPSA) is 61.8 Å². The highest BCUT2D eigenvalue weighted by Crippen LogP contribution is 2.24. The van der Waals surface area contributed by atoms with Crippen molar-refractivity contribution >= 4 is 5.91 Å². The zero-order valence-electron chi connectivity index (χ0n) is 11.5. The first-order chi connectivity index (χ1) is 9.01. The van der Waals surface area contributed by atoms with E-state index in [-0.39, 0.29) is 23.7 Å². The predicted octanol–water partition coefficient (Wildman–Crippen LogP) is 1.22. The summed E-state index contributed by atoms with van der Waals surface area (Å²) in [6.45, 7) is 5.36. The summed E-state index contributed by atoms with van der Waals surface area (Å²) in [6, 6.07) is 5.20. The molecular weight excluding hydrogens is 244 g/mol. The summed E-state index contributed by atoms with van der Waals surface area (Å²) in [5.74, 6) is 0.402. The third-order valence-electron chi connectivity index (χ3n) is 3.28. The van der Waals surface area contributed by atoms with Crippen LogP contribution in [-0.2, 0) is 0 Å². The second-order valence-corrected chi connectivity index (χ2v) is 5.06. The van der Waals surface area contributed by atoms with Gasteiger partial charge in [0.15, 0.2) is 0 Å². The molecule has 2 atom stereocenters. The Morgan fingerprint density at radius 1 is 1.37 bits per heavy atom. The summed E-state index contributed by atoms with van der Waals surface area (Å²) in [4.78, 5) is 14.2. The molecule has 1 aliphatic rings. The van der Waals surface area contributed by atoms with Gasteiger partial charge in [-0.3, -0.25) is 4.79 Å². The minimum absolute atomic E-state index is 0.00959. The molecule has 0 spiro atoms. The van der Waals surface area contributed by atoms with E-state index in [0.29, 0.717) is 24.4 Å². The van der Waals surface area contributed by atoms with Crippen molar-refractivity contribution in [1.29, 1.82) is 0 Å². The fourth-order valence-electron chi connectivity index (χ4n) is 2.48. The molecular formula is C14H20N2O3. The lowest BCUT2D eigenvalue weighted by Gasteiger charge is -2.36. The Kier molecular flexibility index (Phi) is 3.95. The maximum Gasteiger partial charge on any atom is 0.257 e. The number of phenolic OH excluding ortho intramolecular Hbond substituents is 1. The number of carbonyl (C=O) groups excluding carboxylic acids is 1. The van der Waals surface area contributed by atoms with Gasteiger partial charge in [-0.25, -0.2) is 0 Å². The van der Waals surface area contributed by atoms with E-state index < -0.39 is 0 Å². The lowest BCUT2D eigenvalue weighted by Crippen LogP contribution is -2.55. The van der Waals surface area contributed by atoms with Gasteiger partial charge in [-0.2, -0.15) is 0 Å². The molecule has 2 unspecified atom stereocenters. The Bertz CT molecular complexity index is 466. The molecule has 5 heteroatoms. The second-order valence-electron chi connectivity index (χ2n) is 5.06. The van der Waals surface area contributed by atoms with Crippen LogP contribution in [-0.4, -0.2) is 48.2 Å². The van der Waals surface area contributed by atoms with Crippen LogP contribution in [0.3, 0.4) is 0 Å². The molecule has 1 heterocycles. The highest BCUT2D eigenvalue weighted by molar-refractivity contribution is 5.97. The number of hydrogen-bond acceptors (Lipinski definition) is 4. The molecule has 1 amide bonds. The number of aromatic hydroxyl groups is 1. The normalized spacial score (nSPS) is 23.2. The molecule has 0 bridgehead atoms. The second kappa shape index (κ2) is 5.48. The van der Waals surface area contributed by atoms with Gasteiger partial charge in [0, 0.05) is 25.2 Å². The molecule has 1 aromatic carbocycles. The van der Waals surface area contributed by atoms with Crippen LogP contribution in [0.5, 0.6) is 11.5 Å². The van der Waals surface area contributed by atoms with E-state index in [1.54, 1.807) is 17.0 Å². The minimum Gasteiger partial charge on any atom is -0.507 e. The lowest BCUT2D eigenvalue weighted by molar-refractivity contribution is 0.0670. The average molecular weight is 264 g/mol. The highest BCUT2D eigenvalue weighted by atomic mass is 16.5. The maximum atomic E-state index is 12.5. The smallest absolute Gasteiger partial charge is 0.257 e. The van der Waals surface area contributed by atoms with E-state index in [0.717, 1.165) is 0 Å². The van der Waals surface area contributed by atoms with Crippen molar-refractivity contribution in [3.05, 3.63) is 23.8 Å². The quantitative estimate of drug-likeness (QED) is 0.843. The minimum atomic E-state index is -0.156. The van der Waals surface area contributed by atoms with Crippen molar-refractivity contribution < 1.29 is 14.6 Å². The summed E-state index contributed by atoms with van der Waals surface area (Å²) in [7, 11) is 1.54. The van der Waals surface area contributed by atoms with Crippen molar-refractivity contribution in [1.82, 2.24) is 10.2 Å². The summed E-state index contributed by atoms with van der Waals surface area (Å²) in [6.07, 6.45) is 0. The number of benzene rings is 1. The zero-order valence-corrected chi connectivity index (χ0v) is 11.5. The predicted molar refractivity (Wildman–Crippen MR) is 72.6 cm³/mol. The molecule has 1 saturated heterocycles. The monoisotopic (exact) mass is 264 g/mol. The molecule has 0 radical (unpaired) electrons. The molecule has 0 aliphatic carbocycles. The number of amides is 1. The first kappa shape index (κ1) is 13.7. The van der Waals surface area contributed by atoms with Gasteiger partial charge in [0.05, 0.1) is 12.7 Å². The summed E-state index contributed by atoms with van der Waals surface area (Å²) >= 11 is 0. The molecule has 0 saturated carbocycles. The fraction of sp³-hybridized carbons (Fsp3) is 0.500. The Morgan fingerprint density at radius 3 is 2.58 bits per heavy atom. The van der Waals surface area contributed by atoms with Crippen LogP contribution in [0, 0.1) is 0 Å². The SMILES string of the molecule is COc1ccc(O)c(C(=O)N2CC(C)NC(C)C2)c1. The van der Waals surface area contributed by atoms with E-state index in [4.69, 9.17) is 4.74 Å². The van der Waals surface area contributed by atoms with E-state index in [9.17, 15) is 9.90 Å². The van der Waals surface area contributed by atoms with Crippen molar-refractivity contribution in [3.8, 4) is 11.5 Å². The van der Waals surface area contributed by atoms with Gasteiger partial charge in [-0.15, -0.1) is 0 Å². The number of carbonyl (C=O) groups is 1. The zero-order chi connectivity index (χ0) is 14.0. The molecule has 104 valence electrons. The summed E-state index contributed by atoms with van der Waals surface area (Å²) in [5, 5.41) is 13.2. The number of piperazine rings is 1. The van der Waals surface area contributed by atoms with Crippen LogP contribution in [0.25, 0.3) is 0 Å². The van der Waals surface area contributed by atoms with Crippen LogP contribution in [0.15, 0.2) is 18.2 Å². The largest absolute Gasteiger partial charge is 0.507 e.